The highest BCUT2D eigenvalue weighted by molar-refractivity contribution is 7.92. The van der Waals surface area contributed by atoms with Gasteiger partial charge in [-0.15, -0.1) is 15.3 Å². The predicted molar refractivity (Wildman–Crippen MR) is 496 cm³/mol. The van der Waals surface area contributed by atoms with Crippen LogP contribution in [-0.2, 0) is 139 Å². The number of rotatable bonds is 29. The van der Waals surface area contributed by atoms with E-state index in [9.17, 15) is 116 Å². The van der Waals surface area contributed by atoms with Gasteiger partial charge in [0.05, 0.1) is 52.0 Å². The van der Waals surface area contributed by atoms with Crippen LogP contribution in [0.4, 0.5) is 0 Å². The SMILES string of the molecule is CC(=O)CS(=O)(=O)C(C)C.CC(=O)CS(=O)(=O)CC(C)C.CC(=O)NC(=O)C(C)C.CC(=O)NC(=O)CC(C)C.CC(C)C(=O)NS(C)(=O)=O.CC(C)C(=O)NS(C)=O.CC(C)CC(=O)NS(C)(=O)=O.CC(C)CC(=O)NS(C)=O.CC(C)CC1=NN=NC1.CC(C)CP(=O)(O)O.CC(C)CS(=O)(=O)O.CC(C)P(=O)(O)O.CC(C)S(=O)(=O)O.CC(C)c1nn[nH]n1. The van der Waals surface area contributed by atoms with E-state index in [2.05, 4.69) is 70.0 Å². The number of ketones is 2. The molecule has 1 aromatic rings. The van der Waals surface area contributed by atoms with Crippen LogP contribution in [0, 0.1) is 59.2 Å². The van der Waals surface area contributed by atoms with Crippen LogP contribution in [-0.4, -0.2) is 250 Å². The molecule has 2 atom stereocenters. The fourth-order valence-corrected chi connectivity index (χ4v) is 12.6. The second kappa shape index (κ2) is 76.6. The molecule has 127 heavy (non-hydrogen) atoms. The molecule has 2 heterocycles. The molecule has 0 fully saturated rings. The molecule has 0 bridgehead atoms. The Kier molecular flexibility index (Phi) is 88.5. The number of aromatic amines is 1. The van der Waals surface area contributed by atoms with Gasteiger partial charge in [-0.3, -0.25) is 95.7 Å². The molecule has 1 aliphatic heterocycles. The Morgan fingerprint density at radius 2 is 0.827 bits per heavy atom. The van der Waals surface area contributed by atoms with Crippen molar-refractivity contribution in [1.82, 2.24) is 50.1 Å². The maximum absolute atomic E-state index is 11.0. The van der Waals surface area contributed by atoms with Gasteiger partial charge in [0.1, 0.15) is 51.6 Å². The van der Waals surface area contributed by atoms with Gasteiger partial charge in [0.15, 0.2) is 25.5 Å². The van der Waals surface area contributed by atoms with E-state index in [1.807, 2.05) is 78.7 Å². The third kappa shape index (κ3) is 141. The van der Waals surface area contributed by atoms with Crippen molar-refractivity contribution in [3.05, 3.63) is 5.82 Å². The van der Waals surface area contributed by atoms with Gasteiger partial charge in [-0.1, -0.05) is 171 Å². The van der Waals surface area contributed by atoms with Crippen molar-refractivity contribution >= 4 is 162 Å². The quantitative estimate of drug-likeness (QED) is 0.0291. The van der Waals surface area contributed by atoms with Crippen LogP contribution in [0.2, 0.25) is 0 Å². The van der Waals surface area contributed by atoms with E-state index in [1.54, 1.807) is 83.1 Å². The number of carbonyl (C=O) groups excluding carboxylic acids is 10. The second-order valence-electron chi connectivity index (χ2n) is 32.8. The minimum absolute atomic E-state index is 0.00463. The van der Waals surface area contributed by atoms with Crippen LogP contribution < -0.4 is 29.5 Å². The molecule has 0 saturated carbocycles. The van der Waals surface area contributed by atoms with Crippen LogP contribution in [0.3, 0.4) is 0 Å². The first kappa shape index (κ1) is 147. The van der Waals surface area contributed by atoms with Crippen molar-refractivity contribution in [2.24, 2.45) is 74.6 Å². The number of nitrogens with zero attached hydrogens (tertiary/aromatic N) is 6. The molecule has 55 heteroatoms. The summed E-state index contributed by atoms with van der Waals surface area (Å²) in [4.78, 5) is 139. The Morgan fingerprint density at radius 3 is 1.00 bits per heavy atom. The fourth-order valence-electron chi connectivity index (χ4n) is 6.14. The van der Waals surface area contributed by atoms with Gasteiger partial charge in [0.2, 0.25) is 67.3 Å². The third-order valence-electron chi connectivity index (χ3n) is 11.6. The first-order valence-electron chi connectivity index (χ1n) is 39.2. The molecule has 0 saturated heterocycles. The molecule has 0 aliphatic carbocycles. The van der Waals surface area contributed by atoms with E-state index in [0.29, 0.717) is 36.5 Å². The monoisotopic (exact) mass is 2030 g/mol. The Bertz CT molecular complexity index is 4200. The largest absolute Gasteiger partial charge is 0.328 e. The molecule has 0 radical (unpaired) electrons. The molecule has 2 unspecified atom stereocenters. The topological polar surface area (TPSA) is 729 Å². The molecule has 0 spiro atoms. The van der Waals surface area contributed by atoms with Crippen molar-refractivity contribution in [2.45, 2.75) is 269 Å². The van der Waals surface area contributed by atoms with Gasteiger partial charge < -0.3 is 19.6 Å². The maximum atomic E-state index is 11.0. The van der Waals surface area contributed by atoms with Gasteiger partial charge >= 0.3 is 15.2 Å². The van der Waals surface area contributed by atoms with E-state index < -0.39 is 125 Å². The third-order valence-corrected chi connectivity index (χ3v) is 22.9. The second-order valence-corrected chi connectivity index (χ2v) is 50.5. The van der Waals surface area contributed by atoms with Gasteiger partial charge in [-0.05, 0) is 94.6 Å². The Labute approximate surface area is 762 Å². The lowest BCUT2D eigenvalue weighted by Crippen LogP contribution is -2.32. The summed E-state index contributed by atoms with van der Waals surface area (Å²) in [5.41, 5.74) is 0.581. The zero-order chi connectivity index (χ0) is 104. The van der Waals surface area contributed by atoms with E-state index in [0.717, 1.165) is 37.0 Å². The molecule has 13 N–H and O–H groups in total. The minimum atomic E-state index is -3.74. The number of carbonyl (C=O) groups is 10. The van der Waals surface area contributed by atoms with Crippen molar-refractivity contribution in [3.8, 4) is 0 Å². The maximum Gasteiger partial charge on any atom is 0.328 e. The molecule has 1 aliphatic rings. The van der Waals surface area contributed by atoms with Crippen LogP contribution in [0.5, 0.6) is 0 Å². The first-order chi connectivity index (χ1) is 56.3. The summed E-state index contributed by atoms with van der Waals surface area (Å²) < 4.78 is 191. The van der Waals surface area contributed by atoms with Gasteiger partial charge in [0.25, 0.3) is 20.2 Å². The highest BCUT2D eigenvalue weighted by Gasteiger charge is 2.21. The number of sulfone groups is 2. The van der Waals surface area contributed by atoms with E-state index >= 15 is 0 Å². The Hall–Kier alpha value is -5.94. The molecular weight excluding hydrogens is 1880 g/mol. The summed E-state index contributed by atoms with van der Waals surface area (Å²) in [6, 6.07) is 0. The van der Waals surface area contributed by atoms with Crippen molar-refractivity contribution in [1.29, 1.82) is 0 Å². The molecule has 1 aromatic heterocycles. The number of nitrogens with one attached hydrogen (secondary N) is 7. The summed E-state index contributed by atoms with van der Waals surface area (Å²) in [7, 11) is -30.4. The number of hydrogen-bond donors (Lipinski definition) is 13. The summed E-state index contributed by atoms with van der Waals surface area (Å²) in [5.74, 6) is -1.20. The Morgan fingerprint density at radius 1 is 0.465 bits per heavy atom. The van der Waals surface area contributed by atoms with Crippen molar-refractivity contribution in [3.63, 3.8) is 0 Å². The van der Waals surface area contributed by atoms with Crippen LogP contribution in [0.1, 0.15) is 259 Å². The minimum Gasteiger partial charge on any atom is -0.324 e. The highest BCUT2D eigenvalue weighted by atomic mass is 32.2. The average molecular weight is 2030 g/mol. The number of imide groups is 2. The molecule has 758 valence electrons. The number of H-pyrrole nitrogens is 1. The molecule has 2 rings (SSSR count). The number of aromatic nitrogens is 4. The summed E-state index contributed by atoms with van der Waals surface area (Å²) in [6.07, 6.45) is 6.92. The van der Waals surface area contributed by atoms with Crippen LogP contribution in [0.25, 0.3) is 0 Å². The number of tetrazole rings is 1. The smallest absolute Gasteiger partial charge is 0.324 e. The standard InChI is InChI=1S/C7H13NO2.C7H14O3S.C6H11N3.C6H13NO3S.C6H13NO2S.C6H11NO2.C6H12O3S.C5H11NO3S.C5H11NO2S.C4H8N4.C4H11O3P.C4H10O3S.C3H9O3P.C3H8O3S/c1-5(2)4-7(10)8-6(3)9;1-6(2)4-11(9,10)5-7(3)8;1-5(2)3-6-4-7-9-8-6;1-5(2)4-6(8)7-11(3,9)10;1-5(2)4-6(8)7-10(3)9;1-4(2)6(9)7-5(3)8;1-5(2)10(8,9)4-6(3)7;1-4(2)5(7)6-10(3,8)9;1-4(2)5(7)6-9(3)8;1-3(2)4-5-7-8-6-4;2*1-4(2)3-8(5,6)7;2*1-3(2)7(4,5)6/h5H,4H2,1-3H3,(H,8,9,10);6H,4-5H2,1-3H3;5H,3-4H2,1-2H3;5H,4H2,1-3H3,(H,7,8);5H,4H2,1-3H3,(H,7,8);4H,1-3H3,(H,7,8,9);5H,4H2,1-3H3;4H,1-3H3,(H,6,7);4H,1-3H3,(H,6,7);3H,1-2H3,(H,5,6,7,8);4H,3H2,1-2H3,(H2,5,6,7);4H,3H2,1-2H3,(H,5,6,7);3H,1-2H3,(H2,4,5,6);3H,1-2H3,(H,4,5,6). The first-order valence-corrected chi connectivity index (χ1v) is 56.3. The van der Waals surface area contributed by atoms with E-state index in [4.69, 9.17) is 28.7 Å². The normalized spacial score (nSPS) is 12.1. The fraction of sp³-hybridized carbons (Fsp3) is 0.833. The summed E-state index contributed by atoms with van der Waals surface area (Å²) in [5, 5.41) is 27.7. The van der Waals surface area contributed by atoms with Gasteiger partial charge in [-0.2, -0.15) is 27.2 Å². The van der Waals surface area contributed by atoms with Crippen molar-refractivity contribution in [2.75, 3.05) is 60.7 Å². The number of hydrogen-bond acceptors (Lipinski definition) is 32. The summed E-state index contributed by atoms with van der Waals surface area (Å²) in [6.45, 7) is 55.6. The molecular formula is C72H155N13O32P2S8. The average Bonchev–Trinajstić information content (AvgIpc) is 1.47. The van der Waals surface area contributed by atoms with Crippen molar-refractivity contribution < 1.29 is 145 Å². The number of sulfonamides is 2. The molecule has 45 nitrogen and oxygen atoms in total. The zero-order valence-electron chi connectivity index (χ0n) is 80.8. The lowest BCUT2D eigenvalue weighted by Gasteiger charge is -2.04. The predicted octanol–water partition coefficient (Wildman–Crippen LogP) is 6.75. The van der Waals surface area contributed by atoms with E-state index in [1.165, 1.54) is 67.9 Å². The highest BCUT2D eigenvalue weighted by Crippen LogP contribution is 2.40. The van der Waals surface area contributed by atoms with Crippen LogP contribution >= 0.6 is 15.2 Å². The van der Waals surface area contributed by atoms with Crippen LogP contribution in [0.15, 0.2) is 15.4 Å². The molecule has 8 amide bonds. The zero-order valence-corrected chi connectivity index (χ0v) is 89.1. The number of Topliss-reactive ketones (excluding diaryl/α,β-unsaturated/α-hetero) is 2. The molecule has 0 aromatic carbocycles. The number of amides is 8. The summed E-state index contributed by atoms with van der Waals surface area (Å²) >= 11 is 0. The van der Waals surface area contributed by atoms with Gasteiger partial charge in [-0.25, -0.2) is 42.1 Å². The lowest BCUT2D eigenvalue weighted by molar-refractivity contribution is -0.132. The van der Waals surface area contributed by atoms with Gasteiger partial charge in [0, 0.05) is 69.3 Å². The van der Waals surface area contributed by atoms with E-state index in [-0.39, 0.29) is 124 Å². The Balaban J connectivity index is -0.000000112. The lowest BCUT2D eigenvalue weighted by atomic mass is 10.1.